The van der Waals surface area contributed by atoms with Crippen LogP contribution in [0.1, 0.15) is 59.6 Å². The summed E-state index contributed by atoms with van der Waals surface area (Å²) in [5.41, 5.74) is -5.25. The maximum Gasteiger partial charge on any atom is 0.416 e. The lowest BCUT2D eigenvalue weighted by Crippen LogP contribution is -2.44. The molecule has 1 saturated heterocycles. The van der Waals surface area contributed by atoms with E-state index in [1.54, 1.807) is 6.92 Å². The van der Waals surface area contributed by atoms with Crippen LogP contribution in [0, 0.1) is 0 Å². The van der Waals surface area contributed by atoms with Gasteiger partial charge in [-0.05, 0) is 91.4 Å². The van der Waals surface area contributed by atoms with Gasteiger partial charge in [0.15, 0.2) is 0 Å². The summed E-state index contributed by atoms with van der Waals surface area (Å²) >= 11 is 0. The highest BCUT2D eigenvalue weighted by atomic mass is 19.4. The first-order valence-corrected chi connectivity index (χ1v) is 14.8. The number of hydrogen-bond donors (Lipinski definition) is 0. The van der Waals surface area contributed by atoms with E-state index in [-0.39, 0.29) is 43.6 Å². The molecular formula is C30H34F10N6O. The number of aryl methyl sites for hydroxylation is 2. The highest BCUT2D eigenvalue weighted by molar-refractivity contribution is 5.41. The lowest BCUT2D eigenvalue weighted by atomic mass is 9.93. The number of alkyl halides is 10. The number of nitrogens with zero attached hydrogens (tertiary/aromatic N) is 6. The Bertz CT molecular complexity index is 1450. The molecule has 0 radical (unpaired) electrons. The van der Waals surface area contributed by atoms with Gasteiger partial charge in [0, 0.05) is 32.8 Å². The minimum Gasteiger partial charge on any atom is -0.378 e. The highest BCUT2D eigenvalue weighted by Gasteiger charge is 2.38. The average Bonchev–Trinajstić information content (AvgIpc) is 3.42. The van der Waals surface area contributed by atoms with Crippen LogP contribution in [0.25, 0.3) is 0 Å². The molecule has 0 N–H and O–H groups in total. The van der Waals surface area contributed by atoms with Gasteiger partial charge in [-0.1, -0.05) is 11.2 Å². The Morgan fingerprint density at radius 1 is 0.830 bits per heavy atom. The minimum atomic E-state index is -5.09. The van der Waals surface area contributed by atoms with Gasteiger partial charge >= 0.3 is 18.5 Å². The number of likely N-dealkylation sites (tertiary alicyclic amines) is 1. The van der Waals surface area contributed by atoms with E-state index in [0.29, 0.717) is 56.8 Å². The Kier molecular flexibility index (Phi) is 11.1. The lowest BCUT2D eigenvalue weighted by Gasteiger charge is -2.36. The third-order valence-corrected chi connectivity index (χ3v) is 7.93. The minimum absolute atomic E-state index is 0.00576. The summed E-state index contributed by atoms with van der Waals surface area (Å²) in [6.07, 6.45) is -13.6. The fourth-order valence-electron chi connectivity index (χ4n) is 5.43. The smallest absolute Gasteiger partial charge is 0.378 e. The molecule has 7 nitrogen and oxygen atoms in total. The van der Waals surface area contributed by atoms with E-state index >= 15 is 0 Å². The average molecular weight is 685 g/mol. The van der Waals surface area contributed by atoms with E-state index in [1.807, 2.05) is 0 Å². The number of ether oxygens (including phenoxy) is 1. The number of aromatic nitrogens is 4. The van der Waals surface area contributed by atoms with Crippen LogP contribution >= 0.6 is 0 Å². The Labute approximate surface area is 264 Å². The molecular weight excluding hydrogens is 650 g/mol. The predicted octanol–water partition coefficient (Wildman–Crippen LogP) is 7.25. The molecule has 1 aliphatic heterocycles. The van der Waals surface area contributed by atoms with Crippen LogP contribution in [-0.2, 0) is 49.8 Å². The Hall–Kier alpha value is -3.47. The van der Waals surface area contributed by atoms with Crippen molar-refractivity contribution in [1.82, 2.24) is 25.1 Å². The van der Waals surface area contributed by atoms with E-state index in [1.165, 1.54) is 18.0 Å². The number of rotatable bonds is 12. The number of anilines is 1. The molecule has 260 valence electrons. The van der Waals surface area contributed by atoms with E-state index in [9.17, 15) is 43.9 Å². The van der Waals surface area contributed by atoms with Gasteiger partial charge in [-0.25, -0.2) is 4.39 Å². The predicted molar refractivity (Wildman–Crippen MR) is 151 cm³/mol. The maximum absolute atomic E-state index is 14.9. The van der Waals surface area contributed by atoms with Gasteiger partial charge in [0.25, 0.3) is 5.95 Å². The summed E-state index contributed by atoms with van der Waals surface area (Å²) < 4.78 is 143. The Morgan fingerprint density at radius 2 is 1.45 bits per heavy atom. The summed E-state index contributed by atoms with van der Waals surface area (Å²) in [5.74, 6) is -0.211. The summed E-state index contributed by atoms with van der Waals surface area (Å²) in [7, 11) is 1.38. The van der Waals surface area contributed by atoms with E-state index in [0.717, 1.165) is 16.9 Å². The quantitative estimate of drug-likeness (QED) is 0.188. The van der Waals surface area contributed by atoms with Crippen molar-refractivity contribution < 1.29 is 48.6 Å². The second kappa shape index (κ2) is 14.3. The molecule has 1 aromatic heterocycles. The molecule has 0 atom stereocenters. The lowest BCUT2D eigenvalue weighted by molar-refractivity contribution is -0.143. The van der Waals surface area contributed by atoms with Crippen LogP contribution in [0.4, 0.5) is 49.9 Å². The second-order valence-corrected chi connectivity index (χ2v) is 11.6. The molecule has 47 heavy (non-hydrogen) atoms. The summed E-state index contributed by atoms with van der Waals surface area (Å²) in [4.78, 5) is 4.22. The normalized spacial score (nSPS) is 16.1. The largest absolute Gasteiger partial charge is 0.416 e. The molecule has 3 aromatic rings. The van der Waals surface area contributed by atoms with Crippen LogP contribution in [-0.4, -0.2) is 63.6 Å². The van der Waals surface area contributed by atoms with Gasteiger partial charge in [-0.15, -0.1) is 5.10 Å². The van der Waals surface area contributed by atoms with Crippen molar-refractivity contribution in [2.75, 3.05) is 37.7 Å². The molecule has 0 bridgehead atoms. The molecule has 0 spiro atoms. The maximum atomic E-state index is 14.9. The van der Waals surface area contributed by atoms with Crippen molar-refractivity contribution in [3.05, 3.63) is 69.8 Å². The summed E-state index contributed by atoms with van der Waals surface area (Å²) in [5, 5.41) is 11.5. The van der Waals surface area contributed by atoms with Crippen LogP contribution in [0.5, 0.6) is 0 Å². The molecule has 0 unspecified atom stereocenters. The first-order chi connectivity index (χ1) is 21.9. The summed E-state index contributed by atoms with van der Waals surface area (Å²) in [6, 6.07) is 4.21. The van der Waals surface area contributed by atoms with Crippen LogP contribution in [0.15, 0.2) is 36.4 Å². The monoisotopic (exact) mass is 684 g/mol. The second-order valence-electron chi connectivity index (χ2n) is 11.6. The zero-order valence-electron chi connectivity index (χ0n) is 25.6. The molecule has 0 saturated carbocycles. The first kappa shape index (κ1) is 36.4. The highest BCUT2D eigenvalue weighted by Crippen LogP contribution is 2.37. The van der Waals surface area contributed by atoms with Crippen LogP contribution < -0.4 is 4.90 Å². The van der Waals surface area contributed by atoms with E-state index in [2.05, 4.69) is 20.3 Å². The number of piperidine rings is 1. The van der Waals surface area contributed by atoms with Gasteiger partial charge in [0.2, 0.25) is 0 Å². The SMILES string of the molecule is CCOCC1(F)CCN(CCCc2ccc(C(F)(F)F)cc2CN(Cc2cc(C(F)(F)F)cc(C(F)(F)F)c2)c2nnn(C)n2)CC1. The first-order valence-electron chi connectivity index (χ1n) is 14.8. The molecule has 4 rings (SSSR count). The van der Waals surface area contributed by atoms with Gasteiger partial charge < -0.3 is 14.5 Å². The molecule has 2 aromatic carbocycles. The molecule has 1 aliphatic rings. The van der Waals surface area contributed by atoms with Crippen molar-refractivity contribution in [3.8, 4) is 0 Å². The molecule has 17 heteroatoms. The van der Waals surface area contributed by atoms with Crippen LogP contribution in [0.2, 0.25) is 0 Å². The zero-order chi connectivity index (χ0) is 34.6. The van der Waals surface area contributed by atoms with E-state index < -0.39 is 53.0 Å². The van der Waals surface area contributed by atoms with Crippen molar-refractivity contribution in [1.29, 1.82) is 0 Å². The van der Waals surface area contributed by atoms with Gasteiger partial charge in [0.1, 0.15) is 5.67 Å². The Morgan fingerprint density at radius 3 is 1.98 bits per heavy atom. The van der Waals surface area contributed by atoms with Gasteiger partial charge in [0.05, 0.1) is 30.3 Å². The number of tetrazole rings is 1. The fourth-order valence-corrected chi connectivity index (χ4v) is 5.43. The van der Waals surface area contributed by atoms with Crippen LogP contribution in [0.3, 0.4) is 0 Å². The number of benzene rings is 2. The Balaban J connectivity index is 1.60. The van der Waals surface area contributed by atoms with Gasteiger partial charge in [-0.2, -0.15) is 44.3 Å². The summed E-state index contributed by atoms with van der Waals surface area (Å²) in [6.45, 7) is 2.71. The number of halogens is 10. The topological polar surface area (TPSA) is 59.3 Å². The molecule has 0 aliphatic carbocycles. The fraction of sp³-hybridized carbons (Fsp3) is 0.567. The molecule has 0 amide bonds. The number of hydrogen-bond acceptors (Lipinski definition) is 6. The molecule has 2 heterocycles. The molecule has 1 fully saturated rings. The third-order valence-electron chi connectivity index (χ3n) is 7.93. The van der Waals surface area contributed by atoms with Crippen molar-refractivity contribution in [2.24, 2.45) is 7.05 Å². The van der Waals surface area contributed by atoms with Crippen molar-refractivity contribution >= 4 is 5.95 Å². The standard InChI is InChI=1S/C30H34F10N6O/c1-3-47-19-27(31)8-11-45(12-9-27)10-4-5-21-6-7-23(28(32,33)34)15-22(21)18-46(26-41-43-44(2)42-26)17-20-13-24(29(35,36)37)16-25(14-20)30(38,39)40/h6-7,13-16H,3-5,8-12,17-19H2,1-2H3. The van der Waals surface area contributed by atoms with E-state index in [4.69, 9.17) is 4.74 Å². The van der Waals surface area contributed by atoms with Gasteiger partial charge in [-0.3, -0.25) is 0 Å². The third kappa shape index (κ3) is 10.0. The van der Waals surface area contributed by atoms with Crippen molar-refractivity contribution in [2.45, 2.75) is 69.9 Å². The zero-order valence-corrected chi connectivity index (χ0v) is 25.6. The van der Waals surface area contributed by atoms with Crippen molar-refractivity contribution in [3.63, 3.8) is 0 Å².